The first-order valence-electron chi connectivity index (χ1n) is 8.85. The standard InChI is InChI=1S/C19H25N3O3S/c1-12(2)20-19(23)17-10-18(15-6-5-13(3)14(4)9-15)22(21-17)16-7-8-26(24,25)11-16/h5-6,9-10,12,16H,7-8,11H2,1-4H3,(H,20,23)/t16-/m1/s1. The molecule has 1 aliphatic heterocycles. The van der Waals surface area contributed by atoms with Crippen LogP contribution < -0.4 is 5.32 Å². The van der Waals surface area contributed by atoms with Crippen LogP contribution in [0.3, 0.4) is 0 Å². The van der Waals surface area contributed by atoms with Crippen molar-refractivity contribution in [3.8, 4) is 11.3 Å². The molecule has 2 heterocycles. The van der Waals surface area contributed by atoms with Crippen LogP contribution in [0.1, 0.15) is 47.9 Å². The normalized spacial score (nSPS) is 19.0. The molecule has 0 spiro atoms. The average Bonchev–Trinajstić information content (AvgIpc) is 3.13. The van der Waals surface area contributed by atoms with Crippen molar-refractivity contribution in [1.82, 2.24) is 15.1 Å². The van der Waals surface area contributed by atoms with Crippen LogP contribution >= 0.6 is 0 Å². The fraction of sp³-hybridized carbons (Fsp3) is 0.474. The molecule has 1 aromatic heterocycles. The molecule has 26 heavy (non-hydrogen) atoms. The second-order valence-electron chi connectivity index (χ2n) is 7.34. The Hall–Kier alpha value is -2.15. The molecular weight excluding hydrogens is 350 g/mol. The molecule has 1 aliphatic rings. The fourth-order valence-electron chi connectivity index (χ4n) is 3.20. The van der Waals surface area contributed by atoms with E-state index in [1.165, 1.54) is 5.56 Å². The molecule has 1 amide bonds. The van der Waals surface area contributed by atoms with Crippen molar-refractivity contribution in [3.63, 3.8) is 0 Å². The van der Waals surface area contributed by atoms with Gasteiger partial charge in [0.05, 0.1) is 23.2 Å². The van der Waals surface area contributed by atoms with Crippen molar-refractivity contribution in [3.05, 3.63) is 41.1 Å². The quantitative estimate of drug-likeness (QED) is 0.891. The van der Waals surface area contributed by atoms with Crippen LogP contribution in [0.5, 0.6) is 0 Å². The number of carbonyl (C=O) groups excluding carboxylic acids is 1. The molecule has 1 atom stereocenters. The number of hydrogen-bond donors (Lipinski definition) is 1. The van der Waals surface area contributed by atoms with E-state index >= 15 is 0 Å². The lowest BCUT2D eigenvalue weighted by molar-refractivity contribution is 0.0937. The van der Waals surface area contributed by atoms with E-state index in [0.29, 0.717) is 12.1 Å². The number of nitrogens with zero attached hydrogens (tertiary/aromatic N) is 2. The first-order valence-corrected chi connectivity index (χ1v) is 10.7. The van der Waals surface area contributed by atoms with Crippen molar-refractivity contribution in [1.29, 1.82) is 0 Å². The summed E-state index contributed by atoms with van der Waals surface area (Å²) in [6.45, 7) is 7.86. The van der Waals surface area contributed by atoms with Crippen LogP contribution in [0.4, 0.5) is 0 Å². The number of aromatic nitrogens is 2. The number of aryl methyl sites for hydroxylation is 2. The molecule has 0 radical (unpaired) electrons. The van der Waals surface area contributed by atoms with Gasteiger partial charge in [-0.1, -0.05) is 12.1 Å². The molecule has 6 nitrogen and oxygen atoms in total. The van der Waals surface area contributed by atoms with Gasteiger partial charge in [0.15, 0.2) is 15.5 Å². The van der Waals surface area contributed by atoms with E-state index < -0.39 is 9.84 Å². The van der Waals surface area contributed by atoms with E-state index in [1.54, 1.807) is 10.7 Å². The number of nitrogens with one attached hydrogen (secondary N) is 1. The lowest BCUT2D eigenvalue weighted by Gasteiger charge is -2.14. The minimum absolute atomic E-state index is 0.00424. The Kier molecular flexibility index (Phi) is 4.92. The molecule has 7 heteroatoms. The smallest absolute Gasteiger partial charge is 0.271 e. The highest BCUT2D eigenvalue weighted by Crippen LogP contribution is 2.31. The van der Waals surface area contributed by atoms with Gasteiger partial charge in [0, 0.05) is 11.6 Å². The topological polar surface area (TPSA) is 81.1 Å². The summed E-state index contributed by atoms with van der Waals surface area (Å²) in [5.74, 6) is -0.0143. The first-order chi connectivity index (χ1) is 12.2. The Bertz CT molecular complexity index is 945. The van der Waals surface area contributed by atoms with Crippen molar-refractivity contribution in [2.24, 2.45) is 0 Å². The Morgan fingerprint density at radius 3 is 2.54 bits per heavy atom. The Labute approximate surface area is 154 Å². The van der Waals surface area contributed by atoms with Gasteiger partial charge in [-0.3, -0.25) is 9.48 Å². The van der Waals surface area contributed by atoms with Crippen molar-refractivity contribution < 1.29 is 13.2 Å². The first kappa shape index (κ1) is 18.6. The van der Waals surface area contributed by atoms with E-state index in [-0.39, 0.29) is 29.5 Å². The van der Waals surface area contributed by atoms with E-state index in [0.717, 1.165) is 16.8 Å². The zero-order valence-electron chi connectivity index (χ0n) is 15.6. The molecule has 1 fully saturated rings. The molecule has 2 aromatic rings. The molecule has 3 rings (SSSR count). The third-order valence-corrected chi connectivity index (χ3v) is 6.50. The summed E-state index contributed by atoms with van der Waals surface area (Å²) in [7, 11) is -3.05. The Morgan fingerprint density at radius 2 is 1.96 bits per heavy atom. The predicted octanol–water partition coefficient (Wildman–Crippen LogP) is 2.66. The van der Waals surface area contributed by atoms with Gasteiger partial charge in [-0.2, -0.15) is 5.10 Å². The Morgan fingerprint density at radius 1 is 1.23 bits per heavy atom. The molecule has 1 N–H and O–H groups in total. The maximum atomic E-state index is 12.4. The van der Waals surface area contributed by atoms with Gasteiger partial charge in [0.25, 0.3) is 5.91 Å². The fourth-order valence-corrected chi connectivity index (χ4v) is 4.90. The summed E-state index contributed by atoms with van der Waals surface area (Å²) >= 11 is 0. The molecule has 0 bridgehead atoms. The van der Waals surface area contributed by atoms with Gasteiger partial charge in [-0.15, -0.1) is 0 Å². The lowest BCUT2D eigenvalue weighted by Crippen LogP contribution is -2.30. The number of benzene rings is 1. The zero-order chi connectivity index (χ0) is 19.1. The maximum Gasteiger partial charge on any atom is 0.271 e. The van der Waals surface area contributed by atoms with E-state index in [9.17, 15) is 13.2 Å². The van der Waals surface area contributed by atoms with Gasteiger partial charge >= 0.3 is 0 Å². The number of carbonyl (C=O) groups is 1. The molecule has 0 saturated carbocycles. The zero-order valence-corrected chi connectivity index (χ0v) is 16.4. The molecular formula is C19H25N3O3S. The lowest BCUT2D eigenvalue weighted by atomic mass is 10.0. The highest BCUT2D eigenvalue weighted by atomic mass is 32.2. The summed E-state index contributed by atoms with van der Waals surface area (Å²) in [6, 6.07) is 7.59. The van der Waals surface area contributed by atoms with Crippen LogP contribution in [0.15, 0.2) is 24.3 Å². The minimum atomic E-state index is -3.05. The largest absolute Gasteiger partial charge is 0.348 e. The highest BCUT2D eigenvalue weighted by molar-refractivity contribution is 7.91. The van der Waals surface area contributed by atoms with Crippen LogP contribution in [-0.2, 0) is 9.84 Å². The number of rotatable bonds is 4. The number of amides is 1. The third-order valence-electron chi connectivity index (χ3n) is 4.75. The van der Waals surface area contributed by atoms with Crippen LogP contribution in [0.2, 0.25) is 0 Å². The van der Waals surface area contributed by atoms with Gasteiger partial charge in [-0.25, -0.2) is 8.42 Å². The number of sulfone groups is 1. The van der Waals surface area contributed by atoms with Gasteiger partial charge in [-0.05, 0) is 57.4 Å². The highest BCUT2D eigenvalue weighted by Gasteiger charge is 2.32. The molecule has 1 aromatic carbocycles. The third kappa shape index (κ3) is 3.82. The summed E-state index contributed by atoms with van der Waals surface area (Å²) in [5, 5.41) is 7.32. The monoisotopic (exact) mass is 375 g/mol. The van der Waals surface area contributed by atoms with Crippen LogP contribution in [0.25, 0.3) is 11.3 Å². The van der Waals surface area contributed by atoms with Gasteiger partial charge in [0.2, 0.25) is 0 Å². The summed E-state index contributed by atoms with van der Waals surface area (Å²) in [4.78, 5) is 12.4. The minimum Gasteiger partial charge on any atom is -0.348 e. The second-order valence-corrected chi connectivity index (χ2v) is 9.57. The molecule has 140 valence electrons. The SMILES string of the molecule is Cc1ccc(-c2cc(C(=O)NC(C)C)nn2[C@@H]2CCS(=O)(=O)C2)cc1C. The molecule has 1 saturated heterocycles. The molecule has 0 unspecified atom stereocenters. The van der Waals surface area contributed by atoms with E-state index in [2.05, 4.69) is 16.5 Å². The van der Waals surface area contributed by atoms with Gasteiger partial charge in [0.1, 0.15) is 0 Å². The maximum absolute atomic E-state index is 12.4. The van der Waals surface area contributed by atoms with Crippen LogP contribution in [-0.4, -0.2) is 41.7 Å². The summed E-state index contributed by atoms with van der Waals surface area (Å²) in [6.07, 6.45) is 0.521. The second kappa shape index (κ2) is 6.87. The van der Waals surface area contributed by atoms with Gasteiger partial charge < -0.3 is 5.32 Å². The Balaban J connectivity index is 2.07. The molecule has 0 aliphatic carbocycles. The predicted molar refractivity (Wildman–Crippen MR) is 102 cm³/mol. The van der Waals surface area contributed by atoms with Crippen LogP contribution in [0, 0.1) is 13.8 Å². The van der Waals surface area contributed by atoms with E-state index in [4.69, 9.17) is 0 Å². The van der Waals surface area contributed by atoms with Crippen molar-refractivity contribution in [2.75, 3.05) is 11.5 Å². The van der Waals surface area contributed by atoms with E-state index in [1.807, 2.05) is 39.8 Å². The summed E-state index contributed by atoms with van der Waals surface area (Å²) < 4.78 is 25.6. The average molecular weight is 375 g/mol. The van der Waals surface area contributed by atoms with Crippen molar-refractivity contribution in [2.45, 2.75) is 46.2 Å². The van der Waals surface area contributed by atoms with Crippen molar-refractivity contribution >= 4 is 15.7 Å². The number of hydrogen-bond acceptors (Lipinski definition) is 4. The summed E-state index contributed by atoms with van der Waals surface area (Å²) in [5.41, 5.74) is 4.36.